The lowest BCUT2D eigenvalue weighted by atomic mass is 9.55. The maximum absolute atomic E-state index is 14.4. The zero-order valence-corrected chi connectivity index (χ0v) is 27.7. The van der Waals surface area contributed by atoms with Crippen molar-refractivity contribution in [3.63, 3.8) is 0 Å². The largest absolute Gasteiger partial charge is 0.505 e. The molecular formula is C35H37BFNO8Si. The van der Waals surface area contributed by atoms with Gasteiger partial charge in [-0.1, -0.05) is 87.5 Å². The summed E-state index contributed by atoms with van der Waals surface area (Å²) in [5.41, 5.74) is 1.42. The Bertz CT molecular complexity index is 1690. The summed E-state index contributed by atoms with van der Waals surface area (Å²) < 4.78 is 32.4. The smallest absolute Gasteiger partial charge is 0.487 e. The van der Waals surface area contributed by atoms with Crippen LogP contribution in [-0.4, -0.2) is 62.1 Å². The van der Waals surface area contributed by atoms with Gasteiger partial charge in [-0.25, -0.2) is 9.18 Å². The molecule has 2 saturated heterocycles. The number of benzene rings is 3. The van der Waals surface area contributed by atoms with Crippen LogP contribution in [0.1, 0.15) is 45.3 Å². The first-order valence-corrected chi connectivity index (χ1v) is 17.5. The lowest BCUT2D eigenvalue weighted by Gasteiger charge is -2.45. The number of carbonyl (C=O) groups excluding carboxylic acids is 3. The van der Waals surface area contributed by atoms with E-state index in [2.05, 4.69) is 45.0 Å². The topological polar surface area (TPSA) is 123 Å². The Morgan fingerprint density at radius 1 is 1.00 bits per heavy atom. The van der Waals surface area contributed by atoms with Crippen molar-refractivity contribution >= 4 is 43.7 Å². The number of aromatic hydroxyl groups is 1. The van der Waals surface area contributed by atoms with Gasteiger partial charge < -0.3 is 23.9 Å². The van der Waals surface area contributed by atoms with Crippen LogP contribution in [-0.2, 0) is 23.4 Å². The average molecular weight is 658 g/mol. The number of amides is 3. The number of nitrogens with zero attached hydrogens (tertiary/aromatic N) is 1. The van der Waals surface area contributed by atoms with Gasteiger partial charge in [0.1, 0.15) is 0 Å². The van der Waals surface area contributed by atoms with E-state index in [-0.39, 0.29) is 24.5 Å². The van der Waals surface area contributed by atoms with Crippen LogP contribution in [0.15, 0.2) is 89.9 Å². The van der Waals surface area contributed by atoms with E-state index in [0.717, 1.165) is 23.5 Å². The molecule has 0 aromatic heterocycles. The third kappa shape index (κ3) is 5.52. The van der Waals surface area contributed by atoms with Crippen LogP contribution in [0.4, 0.5) is 9.18 Å². The third-order valence-corrected chi connectivity index (χ3v) is 14.8. The molecule has 0 saturated carbocycles. The number of phenolic OH excluding ortho intramolecular Hbond substituents is 1. The highest BCUT2D eigenvalue weighted by atomic mass is 28.4. The van der Waals surface area contributed by atoms with Gasteiger partial charge in [0.2, 0.25) is 11.8 Å². The van der Waals surface area contributed by atoms with Crippen molar-refractivity contribution in [2.45, 2.75) is 44.8 Å². The summed E-state index contributed by atoms with van der Waals surface area (Å²) in [6.45, 7) is 6.47. The van der Waals surface area contributed by atoms with Crippen molar-refractivity contribution in [2.24, 2.45) is 17.8 Å². The fourth-order valence-corrected chi connectivity index (χ4v) is 12.3. The van der Waals surface area contributed by atoms with E-state index in [9.17, 15) is 28.9 Å². The minimum absolute atomic E-state index is 0.0426. The van der Waals surface area contributed by atoms with Crippen LogP contribution in [0.25, 0.3) is 0 Å². The monoisotopic (exact) mass is 657 g/mol. The molecule has 3 aliphatic rings. The standard InChI is InChI=1S/C35H37BFNO8Si/c1-35(2,3)47(23-11-7-5-8-12-23,24-13-9-6-10-14-24)45-20-22-17-26-30(33(41)38(32(26)40)34(42)44-4)25-19-29(46-36(43)31(22)25)21-15-16-28(39)27(37)18-21/h5-16,18,25-26,29-30,39,43H,17,19-20H2,1-4H3/t25-,26-,29-,30+/m0/s1. The molecule has 0 bridgehead atoms. The molecule has 0 spiro atoms. The maximum atomic E-state index is 14.4. The molecule has 4 atom stereocenters. The van der Waals surface area contributed by atoms with Gasteiger partial charge in [0, 0.05) is 0 Å². The molecule has 1 aliphatic carbocycles. The fraction of sp³-hybridized carbons (Fsp3) is 0.343. The number of imide groups is 3. The molecule has 0 unspecified atom stereocenters. The van der Waals surface area contributed by atoms with Gasteiger partial charge in [0.05, 0.1) is 31.7 Å². The number of fused-ring (bicyclic) bond motifs is 3. The Balaban J connectivity index is 1.45. The molecule has 0 radical (unpaired) electrons. The van der Waals surface area contributed by atoms with E-state index >= 15 is 0 Å². The van der Waals surface area contributed by atoms with Gasteiger partial charge in [-0.05, 0) is 62.9 Å². The number of likely N-dealkylation sites (tertiary alicyclic amines) is 1. The van der Waals surface area contributed by atoms with Crippen molar-refractivity contribution in [2.75, 3.05) is 13.7 Å². The summed E-state index contributed by atoms with van der Waals surface area (Å²) in [5, 5.41) is 23.1. The molecule has 2 N–H and O–H groups in total. The number of halogens is 1. The summed E-state index contributed by atoms with van der Waals surface area (Å²) in [5.74, 6) is -5.33. The molecule has 2 fully saturated rings. The lowest BCUT2D eigenvalue weighted by molar-refractivity contribution is -0.137. The number of hydrogen-bond donors (Lipinski definition) is 2. The first-order valence-electron chi connectivity index (χ1n) is 15.6. The molecule has 244 valence electrons. The van der Waals surface area contributed by atoms with Crippen LogP contribution >= 0.6 is 0 Å². The van der Waals surface area contributed by atoms with E-state index in [1.807, 2.05) is 36.4 Å². The first kappa shape index (κ1) is 32.8. The van der Waals surface area contributed by atoms with Gasteiger partial charge in [0.25, 0.3) is 8.32 Å². The highest BCUT2D eigenvalue weighted by Crippen LogP contribution is 2.52. The zero-order valence-electron chi connectivity index (χ0n) is 26.7. The average Bonchev–Trinajstić information content (AvgIpc) is 3.31. The number of methoxy groups -OCH3 is 1. The zero-order chi connectivity index (χ0) is 33.7. The van der Waals surface area contributed by atoms with Crippen molar-refractivity contribution < 1.29 is 42.7 Å². The molecule has 9 nitrogen and oxygen atoms in total. The summed E-state index contributed by atoms with van der Waals surface area (Å²) in [7, 11) is -3.44. The minimum atomic E-state index is -3.05. The van der Waals surface area contributed by atoms with E-state index in [1.165, 1.54) is 12.1 Å². The molecule has 2 heterocycles. The number of phenols is 1. The third-order valence-electron chi connectivity index (χ3n) is 9.79. The van der Waals surface area contributed by atoms with Crippen molar-refractivity contribution in [3.8, 4) is 5.75 Å². The Labute approximate surface area is 274 Å². The quantitative estimate of drug-likeness (QED) is 0.298. The van der Waals surface area contributed by atoms with Crippen LogP contribution in [0.2, 0.25) is 5.04 Å². The van der Waals surface area contributed by atoms with Crippen LogP contribution < -0.4 is 10.4 Å². The Morgan fingerprint density at radius 2 is 1.62 bits per heavy atom. The number of hydrogen-bond acceptors (Lipinski definition) is 8. The SMILES string of the molecule is COC(=O)N1C(=O)[C@H]2[C@H](CC(CO[Si](c3ccccc3)(c3ccccc3)C(C)(C)C)=C3B(O)O[C@H](c4ccc(O)c(F)c4)C[C@H]32)C1=O. The molecule has 12 heteroatoms. The second-order valence-electron chi connectivity index (χ2n) is 13.4. The number of carbonyl (C=O) groups is 3. The Morgan fingerprint density at radius 3 is 2.17 bits per heavy atom. The fourth-order valence-electron chi connectivity index (χ4n) is 7.71. The van der Waals surface area contributed by atoms with Gasteiger partial charge in [-0.15, -0.1) is 0 Å². The maximum Gasteiger partial charge on any atom is 0.487 e. The van der Waals surface area contributed by atoms with Gasteiger partial charge >= 0.3 is 13.2 Å². The minimum Gasteiger partial charge on any atom is -0.505 e. The molecule has 6 rings (SSSR count). The number of rotatable bonds is 6. The number of allylic oxidation sites excluding steroid dienone is 1. The molecular weight excluding hydrogens is 620 g/mol. The van der Waals surface area contributed by atoms with E-state index in [0.29, 0.717) is 21.5 Å². The summed E-state index contributed by atoms with van der Waals surface area (Å²) in [6.07, 6.45) is -1.73. The predicted molar refractivity (Wildman–Crippen MR) is 174 cm³/mol. The molecule has 3 amide bonds. The molecule has 47 heavy (non-hydrogen) atoms. The first-order chi connectivity index (χ1) is 22.4. The lowest BCUT2D eigenvalue weighted by Crippen LogP contribution is -2.66. The summed E-state index contributed by atoms with van der Waals surface area (Å²) in [4.78, 5) is 40.6. The molecule has 3 aromatic rings. The van der Waals surface area contributed by atoms with Gasteiger partial charge in [-0.3, -0.25) is 9.59 Å². The summed E-state index contributed by atoms with van der Waals surface area (Å²) in [6, 6.07) is 23.9. The van der Waals surface area contributed by atoms with Crippen molar-refractivity contribution in [3.05, 3.63) is 101 Å². The number of ether oxygens (including phenoxy) is 1. The van der Waals surface area contributed by atoms with Gasteiger partial charge in [0.15, 0.2) is 11.6 Å². The molecule has 3 aromatic carbocycles. The van der Waals surface area contributed by atoms with Crippen LogP contribution in [0.5, 0.6) is 5.75 Å². The van der Waals surface area contributed by atoms with E-state index in [4.69, 9.17) is 13.8 Å². The second-order valence-corrected chi connectivity index (χ2v) is 17.7. The Kier molecular flexibility index (Phi) is 8.73. The van der Waals surface area contributed by atoms with Crippen molar-refractivity contribution in [1.29, 1.82) is 0 Å². The second kappa shape index (κ2) is 12.5. The van der Waals surface area contributed by atoms with Crippen molar-refractivity contribution in [1.82, 2.24) is 4.90 Å². The summed E-state index contributed by atoms with van der Waals surface area (Å²) >= 11 is 0. The van der Waals surface area contributed by atoms with E-state index in [1.54, 1.807) is 0 Å². The van der Waals surface area contributed by atoms with Crippen LogP contribution in [0, 0.1) is 23.6 Å². The normalized spacial score (nSPS) is 23.1. The highest BCUT2D eigenvalue weighted by Gasteiger charge is 2.60. The predicted octanol–water partition coefficient (Wildman–Crippen LogP) is 4.27. The van der Waals surface area contributed by atoms with E-state index < -0.39 is 68.8 Å². The highest BCUT2D eigenvalue weighted by molar-refractivity contribution is 6.99. The van der Waals surface area contributed by atoms with Gasteiger partial charge in [-0.2, -0.15) is 4.90 Å². The Hall–Kier alpha value is -4.10. The molecule has 2 aliphatic heterocycles. The van der Waals surface area contributed by atoms with Crippen LogP contribution in [0.3, 0.4) is 0 Å².